The molecule has 0 unspecified atom stereocenters. The molecular weight excluding hydrogens is 470 g/mol. The summed E-state index contributed by atoms with van der Waals surface area (Å²) in [5.74, 6) is 0.421. The fourth-order valence-corrected chi connectivity index (χ4v) is 4.71. The van der Waals surface area contributed by atoms with E-state index >= 15 is 0 Å². The molecule has 1 aromatic heterocycles. The van der Waals surface area contributed by atoms with Crippen LogP contribution >= 0.6 is 35.1 Å². The van der Waals surface area contributed by atoms with Crippen LogP contribution in [0.2, 0.25) is 5.02 Å². The molecule has 166 valence electrons. The van der Waals surface area contributed by atoms with Crippen molar-refractivity contribution in [3.8, 4) is 0 Å². The Morgan fingerprint density at radius 1 is 0.909 bits per heavy atom. The van der Waals surface area contributed by atoms with Crippen molar-refractivity contribution in [2.45, 2.75) is 34.5 Å². The Labute approximate surface area is 207 Å². The smallest absolute Gasteiger partial charge is 0.275 e. The first-order chi connectivity index (χ1) is 16.0. The Balaban J connectivity index is 1.58. The number of hydrogen-bond donors (Lipinski definition) is 1. The molecule has 1 amide bonds. The minimum Gasteiger partial charge on any atom is -0.321 e. The van der Waals surface area contributed by atoms with E-state index in [-0.39, 0.29) is 5.91 Å². The third-order valence-electron chi connectivity index (χ3n) is 4.79. The number of nitrogens with zero attached hydrogens (tertiary/aromatic N) is 2. The Bertz CT molecular complexity index is 1240. The van der Waals surface area contributed by atoms with Crippen molar-refractivity contribution >= 4 is 46.7 Å². The molecule has 0 aliphatic carbocycles. The zero-order valence-corrected chi connectivity index (χ0v) is 20.6. The number of carbonyl (C=O) groups is 1. The lowest BCUT2D eigenvalue weighted by atomic mass is 10.2. The molecule has 4 nitrogen and oxygen atoms in total. The fourth-order valence-electron chi connectivity index (χ4n) is 2.95. The van der Waals surface area contributed by atoms with Gasteiger partial charge in [-0.1, -0.05) is 82.6 Å². The Morgan fingerprint density at radius 2 is 1.55 bits per heavy atom. The molecule has 4 aromatic rings. The van der Waals surface area contributed by atoms with Crippen LogP contribution in [0.15, 0.2) is 93.9 Å². The van der Waals surface area contributed by atoms with Gasteiger partial charge in [0, 0.05) is 27.6 Å². The maximum absolute atomic E-state index is 13.2. The summed E-state index contributed by atoms with van der Waals surface area (Å²) in [6.45, 7) is 4.06. The van der Waals surface area contributed by atoms with Crippen molar-refractivity contribution in [2.75, 3.05) is 5.32 Å². The van der Waals surface area contributed by atoms with Gasteiger partial charge in [-0.15, -0.1) is 0 Å². The summed E-state index contributed by atoms with van der Waals surface area (Å²) in [7, 11) is 0. The van der Waals surface area contributed by atoms with Gasteiger partial charge < -0.3 is 5.32 Å². The number of anilines is 1. The zero-order chi connectivity index (χ0) is 23.2. The van der Waals surface area contributed by atoms with Gasteiger partial charge in [-0.2, -0.15) is 0 Å². The van der Waals surface area contributed by atoms with Crippen molar-refractivity contribution in [3.63, 3.8) is 0 Å². The molecule has 0 aliphatic rings. The highest BCUT2D eigenvalue weighted by atomic mass is 35.5. The SMILES string of the molecule is Cc1ccc(NC(=O)c2nc(SCc3ccc(Cl)cc3)ncc2Sc2ccc(C)cc2)cc1. The minimum atomic E-state index is -0.260. The van der Waals surface area contributed by atoms with Crippen LogP contribution in [0.4, 0.5) is 5.69 Å². The Kier molecular flexibility index (Phi) is 7.70. The number of hydrogen-bond acceptors (Lipinski definition) is 5. The van der Waals surface area contributed by atoms with Crippen LogP contribution in [-0.2, 0) is 5.75 Å². The van der Waals surface area contributed by atoms with Crippen molar-refractivity contribution in [1.29, 1.82) is 0 Å². The molecule has 4 rings (SSSR count). The molecular formula is C26H22ClN3OS2. The van der Waals surface area contributed by atoms with Gasteiger partial charge in [0.2, 0.25) is 0 Å². The number of aromatic nitrogens is 2. The van der Waals surface area contributed by atoms with Gasteiger partial charge >= 0.3 is 0 Å². The zero-order valence-electron chi connectivity index (χ0n) is 18.2. The van der Waals surface area contributed by atoms with E-state index in [9.17, 15) is 4.79 Å². The van der Waals surface area contributed by atoms with E-state index in [4.69, 9.17) is 11.6 Å². The molecule has 0 atom stereocenters. The van der Waals surface area contributed by atoms with Gasteiger partial charge in [-0.05, 0) is 55.8 Å². The highest BCUT2D eigenvalue weighted by molar-refractivity contribution is 7.99. The number of nitrogens with one attached hydrogen (secondary N) is 1. The van der Waals surface area contributed by atoms with Gasteiger partial charge in [0.05, 0.1) is 4.90 Å². The average molecular weight is 492 g/mol. The number of carbonyl (C=O) groups excluding carboxylic acids is 1. The summed E-state index contributed by atoms with van der Waals surface area (Å²) in [4.78, 5) is 24.1. The van der Waals surface area contributed by atoms with E-state index < -0.39 is 0 Å². The van der Waals surface area contributed by atoms with E-state index in [1.54, 1.807) is 6.20 Å². The normalized spacial score (nSPS) is 10.8. The average Bonchev–Trinajstić information content (AvgIpc) is 2.82. The predicted molar refractivity (Wildman–Crippen MR) is 137 cm³/mol. The van der Waals surface area contributed by atoms with Crippen LogP contribution in [0.3, 0.4) is 0 Å². The predicted octanol–water partition coefficient (Wildman–Crippen LogP) is 7.44. The van der Waals surface area contributed by atoms with Crippen LogP contribution in [-0.4, -0.2) is 15.9 Å². The maximum Gasteiger partial charge on any atom is 0.275 e. The second kappa shape index (κ2) is 10.9. The minimum absolute atomic E-state index is 0.260. The first-order valence-electron chi connectivity index (χ1n) is 10.3. The van der Waals surface area contributed by atoms with Gasteiger partial charge in [0.1, 0.15) is 5.69 Å². The van der Waals surface area contributed by atoms with Crippen LogP contribution in [0.5, 0.6) is 0 Å². The van der Waals surface area contributed by atoms with Crippen LogP contribution in [0.1, 0.15) is 27.2 Å². The molecule has 0 spiro atoms. The van der Waals surface area contributed by atoms with Gasteiger partial charge in [-0.3, -0.25) is 4.79 Å². The molecule has 0 bridgehead atoms. The molecule has 0 aliphatic heterocycles. The molecule has 1 heterocycles. The van der Waals surface area contributed by atoms with Crippen molar-refractivity contribution in [2.24, 2.45) is 0 Å². The molecule has 0 radical (unpaired) electrons. The van der Waals surface area contributed by atoms with E-state index in [0.717, 1.165) is 21.7 Å². The first-order valence-corrected chi connectivity index (χ1v) is 12.5. The van der Waals surface area contributed by atoms with Crippen LogP contribution < -0.4 is 5.32 Å². The van der Waals surface area contributed by atoms with Crippen molar-refractivity contribution in [3.05, 3.63) is 106 Å². The second-order valence-corrected chi connectivity index (χ2v) is 10.0. The summed E-state index contributed by atoms with van der Waals surface area (Å²) in [6.07, 6.45) is 1.73. The third-order valence-corrected chi connectivity index (χ3v) is 7.00. The van der Waals surface area contributed by atoms with Gasteiger partial charge in [0.15, 0.2) is 5.16 Å². The summed E-state index contributed by atoms with van der Waals surface area (Å²) in [5.41, 5.74) is 4.51. The molecule has 7 heteroatoms. The van der Waals surface area contributed by atoms with Crippen LogP contribution in [0, 0.1) is 13.8 Å². The number of amides is 1. The number of benzene rings is 3. The number of halogens is 1. The van der Waals surface area contributed by atoms with Gasteiger partial charge in [-0.25, -0.2) is 9.97 Å². The lowest BCUT2D eigenvalue weighted by Gasteiger charge is -2.11. The second-order valence-electron chi connectivity index (χ2n) is 7.52. The van der Waals surface area contributed by atoms with Crippen molar-refractivity contribution in [1.82, 2.24) is 9.97 Å². The van der Waals surface area contributed by atoms with E-state index in [1.807, 2.05) is 86.6 Å². The first kappa shape index (κ1) is 23.4. The summed E-state index contributed by atoms with van der Waals surface area (Å²) in [5, 5.41) is 4.21. The van der Waals surface area contributed by atoms with Crippen LogP contribution in [0.25, 0.3) is 0 Å². The monoisotopic (exact) mass is 491 g/mol. The van der Waals surface area contributed by atoms with Crippen molar-refractivity contribution < 1.29 is 4.79 Å². The van der Waals surface area contributed by atoms with Gasteiger partial charge in [0.25, 0.3) is 5.91 Å². The number of aryl methyl sites for hydroxylation is 2. The van der Waals surface area contributed by atoms with E-state index in [1.165, 1.54) is 29.1 Å². The standard InChI is InChI=1S/C26H22ClN3OS2/c1-17-3-11-21(12-4-17)29-25(31)24-23(33-22-13-5-18(2)6-14-22)15-28-26(30-24)32-16-19-7-9-20(27)10-8-19/h3-15H,16H2,1-2H3,(H,29,31). The molecule has 0 saturated heterocycles. The van der Waals surface area contributed by atoms with E-state index in [2.05, 4.69) is 15.3 Å². The topological polar surface area (TPSA) is 54.9 Å². The largest absolute Gasteiger partial charge is 0.321 e. The Morgan fingerprint density at radius 3 is 2.21 bits per heavy atom. The lowest BCUT2D eigenvalue weighted by Crippen LogP contribution is -2.16. The molecule has 0 saturated carbocycles. The Hall–Kier alpha value is -2.80. The number of thioether (sulfide) groups is 1. The fraction of sp³-hybridized carbons (Fsp3) is 0.115. The number of rotatable bonds is 7. The highest BCUT2D eigenvalue weighted by Crippen LogP contribution is 2.31. The third kappa shape index (κ3) is 6.60. The maximum atomic E-state index is 13.2. The molecule has 0 fully saturated rings. The molecule has 1 N–H and O–H groups in total. The highest BCUT2D eigenvalue weighted by Gasteiger charge is 2.17. The lowest BCUT2D eigenvalue weighted by molar-refractivity contribution is 0.101. The molecule has 33 heavy (non-hydrogen) atoms. The quantitative estimate of drug-likeness (QED) is 0.215. The van der Waals surface area contributed by atoms with E-state index in [0.29, 0.717) is 26.5 Å². The molecule has 3 aromatic carbocycles. The summed E-state index contributed by atoms with van der Waals surface area (Å²) in [6, 6.07) is 23.5. The summed E-state index contributed by atoms with van der Waals surface area (Å²) >= 11 is 8.93. The summed E-state index contributed by atoms with van der Waals surface area (Å²) < 4.78 is 0.